The Morgan fingerprint density at radius 2 is 1.96 bits per heavy atom. The molecule has 0 aliphatic carbocycles. The average molecular weight is 373 g/mol. The lowest BCUT2D eigenvalue weighted by Gasteiger charge is -2.10. The fourth-order valence-corrected chi connectivity index (χ4v) is 2.80. The number of benzene rings is 1. The molecule has 28 heavy (non-hydrogen) atoms. The largest absolute Gasteiger partial charge is 0.334 e. The van der Waals surface area contributed by atoms with Gasteiger partial charge in [0.15, 0.2) is 5.82 Å². The van der Waals surface area contributed by atoms with Crippen LogP contribution in [0.2, 0.25) is 0 Å². The molecule has 2 N–H and O–H groups in total. The Bertz CT molecular complexity index is 1040. The molecule has 0 radical (unpaired) electrons. The predicted octanol–water partition coefficient (Wildman–Crippen LogP) is 2.83. The van der Waals surface area contributed by atoms with Crippen LogP contribution >= 0.6 is 0 Å². The number of anilines is 1. The second-order valence-electron chi connectivity index (χ2n) is 6.22. The normalized spacial score (nSPS) is 10.6. The molecular formula is C20H19N7O. The number of carbonyl (C=O) groups is 1. The summed E-state index contributed by atoms with van der Waals surface area (Å²) in [6, 6.07) is 13.1. The summed E-state index contributed by atoms with van der Waals surface area (Å²) in [7, 11) is 0. The third-order valence-electron chi connectivity index (χ3n) is 4.11. The zero-order chi connectivity index (χ0) is 19.2. The van der Waals surface area contributed by atoms with Crippen LogP contribution in [0.4, 0.5) is 10.5 Å². The first-order chi connectivity index (χ1) is 13.8. The number of aromatic nitrogens is 5. The van der Waals surface area contributed by atoms with Gasteiger partial charge in [-0.3, -0.25) is 0 Å². The lowest BCUT2D eigenvalue weighted by atomic mass is 10.2. The van der Waals surface area contributed by atoms with Gasteiger partial charge < -0.3 is 15.2 Å². The molecule has 4 aromatic rings. The summed E-state index contributed by atoms with van der Waals surface area (Å²) in [5.41, 5.74) is 2.75. The summed E-state index contributed by atoms with van der Waals surface area (Å²) in [4.78, 5) is 20.6. The molecule has 3 heterocycles. The monoisotopic (exact) mass is 373 g/mol. The summed E-state index contributed by atoms with van der Waals surface area (Å²) in [6.07, 6.45) is 10.6. The van der Waals surface area contributed by atoms with Crippen molar-refractivity contribution in [3.63, 3.8) is 0 Å². The fraction of sp³-hybridized carbons (Fsp3) is 0.100. The number of imidazole rings is 1. The fourth-order valence-electron chi connectivity index (χ4n) is 2.80. The first kappa shape index (κ1) is 17.5. The maximum absolute atomic E-state index is 12.3. The summed E-state index contributed by atoms with van der Waals surface area (Å²) < 4.78 is 3.65. The molecule has 0 atom stereocenters. The number of hydrogen-bond donors (Lipinski definition) is 2. The van der Waals surface area contributed by atoms with E-state index in [0.29, 0.717) is 18.9 Å². The van der Waals surface area contributed by atoms with Crippen LogP contribution in [0.5, 0.6) is 0 Å². The van der Waals surface area contributed by atoms with Gasteiger partial charge >= 0.3 is 6.03 Å². The van der Waals surface area contributed by atoms with E-state index in [1.54, 1.807) is 29.6 Å². The van der Waals surface area contributed by atoms with E-state index in [-0.39, 0.29) is 6.03 Å². The molecule has 0 unspecified atom stereocenters. The van der Waals surface area contributed by atoms with Gasteiger partial charge in [-0.1, -0.05) is 12.1 Å². The number of amides is 2. The van der Waals surface area contributed by atoms with E-state index in [9.17, 15) is 4.79 Å². The molecule has 0 bridgehead atoms. The first-order valence-corrected chi connectivity index (χ1v) is 8.81. The Morgan fingerprint density at radius 1 is 1.00 bits per heavy atom. The van der Waals surface area contributed by atoms with Gasteiger partial charge in [0.1, 0.15) is 0 Å². The van der Waals surface area contributed by atoms with Crippen molar-refractivity contribution < 1.29 is 4.79 Å². The Labute approximate surface area is 161 Å². The zero-order valence-electron chi connectivity index (χ0n) is 15.1. The van der Waals surface area contributed by atoms with Gasteiger partial charge in [-0.05, 0) is 41.5 Å². The smallest absolute Gasteiger partial charge is 0.319 e. The number of carbonyl (C=O) groups excluding carboxylic acids is 1. The van der Waals surface area contributed by atoms with E-state index < -0.39 is 0 Å². The van der Waals surface area contributed by atoms with Crippen LogP contribution in [-0.2, 0) is 13.1 Å². The van der Waals surface area contributed by atoms with Gasteiger partial charge in [0.25, 0.3) is 0 Å². The van der Waals surface area contributed by atoms with Crippen molar-refractivity contribution in [3.8, 4) is 5.82 Å². The Morgan fingerprint density at radius 3 is 2.79 bits per heavy atom. The first-order valence-electron chi connectivity index (χ1n) is 8.81. The molecule has 140 valence electrons. The standard InChI is InChI=1S/C20H19N7O/c28-20(23-13-16-5-7-22-19(12-16)27-9-2-6-24-27)25-18-4-1-3-17(11-18)14-26-10-8-21-15-26/h1-12,15H,13-14H2,(H2,23,25,28). The minimum absolute atomic E-state index is 0.266. The molecule has 4 rings (SSSR count). The van der Waals surface area contributed by atoms with Crippen LogP contribution < -0.4 is 10.6 Å². The van der Waals surface area contributed by atoms with E-state index in [2.05, 4.69) is 25.7 Å². The third-order valence-corrected chi connectivity index (χ3v) is 4.11. The Kier molecular flexibility index (Phi) is 5.10. The van der Waals surface area contributed by atoms with Gasteiger partial charge in [-0.2, -0.15) is 5.10 Å². The summed E-state index contributed by atoms with van der Waals surface area (Å²) >= 11 is 0. The van der Waals surface area contributed by atoms with Gasteiger partial charge in [-0.25, -0.2) is 19.4 Å². The van der Waals surface area contributed by atoms with Crippen LogP contribution in [0.25, 0.3) is 5.82 Å². The van der Waals surface area contributed by atoms with Crippen molar-refractivity contribution in [1.29, 1.82) is 0 Å². The zero-order valence-corrected chi connectivity index (χ0v) is 15.1. The SMILES string of the molecule is O=C(NCc1ccnc(-n2cccn2)c1)Nc1cccc(Cn2ccnc2)c1. The van der Waals surface area contributed by atoms with Crippen LogP contribution in [0.1, 0.15) is 11.1 Å². The van der Waals surface area contributed by atoms with E-state index in [0.717, 1.165) is 16.8 Å². The van der Waals surface area contributed by atoms with Crippen LogP contribution in [0, 0.1) is 0 Å². The minimum Gasteiger partial charge on any atom is -0.334 e. The van der Waals surface area contributed by atoms with Crippen LogP contribution in [0.3, 0.4) is 0 Å². The number of pyridine rings is 1. The van der Waals surface area contributed by atoms with Crippen molar-refractivity contribution in [2.45, 2.75) is 13.1 Å². The average Bonchev–Trinajstić information content (AvgIpc) is 3.41. The Hall–Kier alpha value is -3.94. The maximum Gasteiger partial charge on any atom is 0.319 e. The summed E-state index contributed by atoms with van der Waals surface area (Å²) in [6.45, 7) is 1.09. The van der Waals surface area contributed by atoms with Crippen LogP contribution in [0.15, 0.2) is 79.8 Å². The highest BCUT2D eigenvalue weighted by Gasteiger charge is 2.05. The molecule has 0 aliphatic heterocycles. The van der Waals surface area contributed by atoms with Crippen molar-refractivity contribution in [2.24, 2.45) is 0 Å². The molecule has 1 aromatic carbocycles. The maximum atomic E-state index is 12.3. The van der Waals surface area contributed by atoms with Crippen LogP contribution in [-0.4, -0.2) is 30.3 Å². The highest BCUT2D eigenvalue weighted by Crippen LogP contribution is 2.12. The second kappa shape index (κ2) is 8.17. The number of rotatable bonds is 6. The molecule has 0 saturated carbocycles. The van der Waals surface area contributed by atoms with Gasteiger partial charge in [0, 0.05) is 49.8 Å². The molecule has 2 amide bonds. The van der Waals surface area contributed by atoms with Gasteiger partial charge in [-0.15, -0.1) is 0 Å². The number of hydrogen-bond acceptors (Lipinski definition) is 4. The lowest BCUT2D eigenvalue weighted by molar-refractivity contribution is 0.251. The molecule has 0 aliphatic rings. The molecule has 0 saturated heterocycles. The van der Waals surface area contributed by atoms with E-state index >= 15 is 0 Å². The quantitative estimate of drug-likeness (QED) is 0.544. The second-order valence-corrected chi connectivity index (χ2v) is 6.22. The van der Waals surface area contributed by atoms with Crippen molar-refractivity contribution in [2.75, 3.05) is 5.32 Å². The van der Waals surface area contributed by atoms with E-state index in [4.69, 9.17) is 0 Å². The molecule has 8 heteroatoms. The molecule has 0 spiro atoms. The predicted molar refractivity (Wildman–Crippen MR) is 105 cm³/mol. The molecule has 8 nitrogen and oxygen atoms in total. The summed E-state index contributed by atoms with van der Waals surface area (Å²) in [5.74, 6) is 0.705. The van der Waals surface area contributed by atoms with Crippen molar-refractivity contribution in [1.82, 2.24) is 29.6 Å². The van der Waals surface area contributed by atoms with Gasteiger partial charge in [0.05, 0.1) is 6.33 Å². The molecular weight excluding hydrogens is 354 g/mol. The highest BCUT2D eigenvalue weighted by molar-refractivity contribution is 5.89. The lowest BCUT2D eigenvalue weighted by Crippen LogP contribution is -2.28. The van der Waals surface area contributed by atoms with E-state index in [1.807, 2.05) is 59.4 Å². The third kappa shape index (κ3) is 4.42. The highest BCUT2D eigenvalue weighted by atomic mass is 16.2. The minimum atomic E-state index is -0.266. The number of nitrogens with one attached hydrogen (secondary N) is 2. The Balaban J connectivity index is 1.34. The molecule has 3 aromatic heterocycles. The van der Waals surface area contributed by atoms with Gasteiger partial charge in [0.2, 0.25) is 0 Å². The van der Waals surface area contributed by atoms with E-state index in [1.165, 1.54) is 0 Å². The summed E-state index contributed by atoms with van der Waals surface area (Å²) in [5, 5.41) is 9.89. The van der Waals surface area contributed by atoms with Crippen molar-refractivity contribution >= 4 is 11.7 Å². The topological polar surface area (TPSA) is 89.7 Å². The molecule has 0 fully saturated rings. The number of nitrogens with zero attached hydrogens (tertiary/aromatic N) is 5. The van der Waals surface area contributed by atoms with Crippen molar-refractivity contribution in [3.05, 3.63) is 90.9 Å². The number of urea groups is 1.